The summed E-state index contributed by atoms with van der Waals surface area (Å²) in [5.74, 6) is 5.33. The van der Waals surface area contributed by atoms with Crippen molar-refractivity contribution in [3.8, 4) is 0 Å². The number of nitrogens with two attached hydrogens (primary N) is 1. The van der Waals surface area contributed by atoms with Crippen LogP contribution in [0.15, 0.2) is 0 Å². The largest absolute Gasteiger partial charge is 0.379 e. The van der Waals surface area contributed by atoms with Crippen molar-refractivity contribution >= 4 is 0 Å². The van der Waals surface area contributed by atoms with Gasteiger partial charge < -0.3 is 5.11 Å². The van der Waals surface area contributed by atoms with E-state index in [-0.39, 0.29) is 5.41 Å². The van der Waals surface area contributed by atoms with Crippen LogP contribution in [0.25, 0.3) is 0 Å². The molecule has 0 saturated heterocycles. The smallest absolute Gasteiger partial charge is 0.102 e. The minimum absolute atomic E-state index is 0.158. The molecule has 0 fully saturated rings. The lowest BCUT2D eigenvalue weighted by atomic mass is 9.82. The van der Waals surface area contributed by atoms with E-state index in [2.05, 4.69) is 24.6 Å². The third-order valence-electron chi connectivity index (χ3n) is 2.75. The number of aliphatic hydroxyl groups is 1. The fraction of sp³-hybridized carbons (Fsp3) is 1.00. The zero-order valence-corrected chi connectivity index (χ0v) is 8.93. The van der Waals surface area contributed by atoms with E-state index in [1.165, 1.54) is 0 Å². The molecule has 1 unspecified atom stereocenters. The fourth-order valence-corrected chi connectivity index (χ4v) is 1.39. The Hall–Kier alpha value is -0.160. The van der Waals surface area contributed by atoms with Crippen molar-refractivity contribution < 1.29 is 5.11 Å². The highest BCUT2D eigenvalue weighted by atomic mass is 16.3. The van der Waals surface area contributed by atoms with E-state index in [4.69, 9.17) is 10.9 Å². The van der Waals surface area contributed by atoms with Gasteiger partial charge in [-0.2, -0.15) is 0 Å². The van der Waals surface area contributed by atoms with Gasteiger partial charge in [-0.1, -0.05) is 13.8 Å². The Morgan fingerprint density at radius 2 is 1.85 bits per heavy atom. The van der Waals surface area contributed by atoms with E-state index >= 15 is 0 Å². The highest BCUT2D eigenvalue weighted by Crippen LogP contribution is 2.24. The second kappa shape index (κ2) is 6.32. The van der Waals surface area contributed by atoms with Gasteiger partial charge in [0.1, 0.15) is 6.23 Å². The maximum absolute atomic E-state index is 9.11. The molecule has 0 saturated carbocycles. The van der Waals surface area contributed by atoms with Gasteiger partial charge >= 0.3 is 0 Å². The molecule has 1 atom stereocenters. The second-order valence-corrected chi connectivity index (χ2v) is 3.64. The molecule has 5 N–H and O–H groups in total. The van der Waals surface area contributed by atoms with E-state index in [0.717, 1.165) is 25.9 Å². The van der Waals surface area contributed by atoms with Gasteiger partial charge in [-0.05, 0) is 25.2 Å². The van der Waals surface area contributed by atoms with Crippen molar-refractivity contribution in [1.29, 1.82) is 0 Å². The molecule has 13 heavy (non-hydrogen) atoms. The van der Waals surface area contributed by atoms with Crippen molar-refractivity contribution in [2.75, 3.05) is 13.1 Å². The third-order valence-corrected chi connectivity index (χ3v) is 2.75. The first-order valence-corrected chi connectivity index (χ1v) is 4.95. The minimum Gasteiger partial charge on any atom is -0.379 e. The van der Waals surface area contributed by atoms with E-state index in [1.54, 1.807) is 6.92 Å². The van der Waals surface area contributed by atoms with Gasteiger partial charge in [0, 0.05) is 13.1 Å². The number of nitrogens with one attached hydrogen (secondary N) is 2. The van der Waals surface area contributed by atoms with E-state index in [9.17, 15) is 0 Å². The second-order valence-electron chi connectivity index (χ2n) is 3.64. The van der Waals surface area contributed by atoms with Crippen LogP contribution in [0.1, 0.15) is 33.6 Å². The van der Waals surface area contributed by atoms with E-state index in [0.29, 0.717) is 0 Å². The van der Waals surface area contributed by atoms with Gasteiger partial charge in [-0.25, -0.2) is 0 Å². The van der Waals surface area contributed by atoms with E-state index in [1.807, 2.05) is 0 Å². The number of aliphatic hydroxyl groups excluding tert-OH is 1. The molecular formula is C9H23N3O. The highest BCUT2D eigenvalue weighted by Gasteiger charge is 2.25. The first-order valence-electron chi connectivity index (χ1n) is 4.95. The minimum atomic E-state index is -0.449. The molecule has 0 amide bonds. The van der Waals surface area contributed by atoms with Crippen molar-refractivity contribution in [3.05, 3.63) is 0 Å². The van der Waals surface area contributed by atoms with Crippen LogP contribution < -0.4 is 16.6 Å². The number of hydrogen-bond acceptors (Lipinski definition) is 4. The van der Waals surface area contributed by atoms with Gasteiger partial charge in [0.05, 0.1) is 0 Å². The summed E-state index contributed by atoms with van der Waals surface area (Å²) >= 11 is 0. The van der Waals surface area contributed by atoms with Crippen molar-refractivity contribution in [1.82, 2.24) is 10.7 Å². The van der Waals surface area contributed by atoms with Gasteiger partial charge in [-0.3, -0.25) is 16.6 Å². The Bertz CT molecular complexity index is 124. The van der Waals surface area contributed by atoms with Gasteiger partial charge in [0.2, 0.25) is 0 Å². The van der Waals surface area contributed by atoms with Crippen LogP contribution >= 0.6 is 0 Å². The molecule has 0 aromatic rings. The molecule has 4 heteroatoms. The summed E-state index contributed by atoms with van der Waals surface area (Å²) in [6.07, 6.45) is 1.65. The van der Waals surface area contributed by atoms with Crippen LogP contribution in [0.2, 0.25) is 0 Å². The SMILES string of the molecule is CCC(CC)(CNN)CNC(C)O. The maximum Gasteiger partial charge on any atom is 0.102 e. The average molecular weight is 189 g/mol. The normalized spacial score (nSPS) is 14.5. The Morgan fingerprint density at radius 3 is 2.15 bits per heavy atom. The van der Waals surface area contributed by atoms with Crippen LogP contribution in [-0.2, 0) is 0 Å². The lowest BCUT2D eigenvalue weighted by molar-refractivity contribution is 0.124. The topological polar surface area (TPSA) is 70.3 Å². The summed E-state index contributed by atoms with van der Waals surface area (Å²) in [6, 6.07) is 0. The van der Waals surface area contributed by atoms with Crippen LogP contribution in [0.5, 0.6) is 0 Å². The summed E-state index contributed by atoms with van der Waals surface area (Å²) in [6.45, 7) is 7.59. The molecule has 0 aromatic heterocycles. The molecule has 0 radical (unpaired) electrons. The predicted molar refractivity (Wildman–Crippen MR) is 54.9 cm³/mol. The summed E-state index contributed by atoms with van der Waals surface area (Å²) in [7, 11) is 0. The van der Waals surface area contributed by atoms with Crippen molar-refractivity contribution in [2.24, 2.45) is 11.3 Å². The Kier molecular flexibility index (Phi) is 6.24. The maximum atomic E-state index is 9.11. The Balaban J connectivity index is 4.04. The van der Waals surface area contributed by atoms with Crippen LogP contribution in [0.3, 0.4) is 0 Å². The number of rotatable bonds is 7. The molecule has 0 aliphatic carbocycles. The van der Waals surface area contributed by atoms with Gasteiger partial charge in [0.25, 0.3) is 0 Å². The van der Waals surface area contributed by atoms with E-state index < -0.39 is 6.23 Å². The van der Waals surface area contributed by atoms with Crippen LogP contribution in [-0.4, -0.2) is 24.4 Å². The summed E-state index contributed by atoms with van der Waals surface area (Å²) < 4.78 is 0. The predicted octanol–water partition coefficient (Wildman–Crippen LogP) is 0.184. The summed E-state index contributed by atoms with van der Waals surface area (Å²) in [5.41, 5.74) is 2.87. The molecule has 80 valence electrons. The standard InChI is InChI=1S/C9H23N3O/c1-4-9(5-2,7-12-10)6-11-8(3)13/h8,11-13H,4-7,10H2,1-3H3. The molecule has 0 aliphatic heterocycles. The lowest BCUT2D eigenvalue weighted by Gasteiger charge is -2.32. The highest BCUT2D eigenvalue weighted by molar-refractivity contribution is 4.80. The quantitative estimate of drug-likeness (QED) is 0.262. The molecule has 4 nitrogen and oxygen atoms in total. The molecular weight excluding hydrogens is 166 g/mol. The van der Waals surface area contributed by atoms with Crippen LogP contribution in [0, 0.1) is 5.41 Å². The molecule has 0 aliphatic rings. The lowest BCUT2D eigenvalue weighted by Crippen LogP contribution is -2.45. The summed E-state index contributed by atoms with van der Waals surface area (Å²) in [4.78, 5) is 0. The van der Waals surface area contributed by atoms with Gasteiger partial charge in [0.15, 0.2) is 0 Å². The summed E-state index contributed by atoms with van der Waals surface area (Å²) in [5, 5.41) is 12.1. The number of hydrogen-bond donors (Lipinski definition) is 4. The van der Waals surface area contributed by atoms with Crippen LogP contribution in [0.4, 0.5) is 0 Å². The average Bonchev–Trinajstić information content (AvgIpc) is 2.12. The fourth-order valence-electron chi connectivity index (χ4n) is 1.39. The molecule has 0 bridgehead atoms. The molecule has 0 spiro atoms. The number of hydrazine groups is 1. The molecule has 0 heterocycles. The molecule has 0 aromatic carbocycles. The van der Waals surface area contributed by atoms with Gasteiger partial charge in [-0.15, -0.1) is 0 Å². The Labute approximate surface area is 80.9 Å². The van der Waals surface area contributed by atoms with Crippen molar-refractivity contribution in [3.63, 3.8) is 0 Å². The molecule has 0 rings (SSSR count). The first-order chi connectivity index (χ1) is 6.10. The van der Waals surface area contributed by atoms with Crippen molar-refractivity contribution in [2.45, 2.75) is 39.8 Å². The third kappa shape index (κ3) is 4.57. The Morgan fingerprint density at radius 1 is 1.31 bits per heavy atom. The first kappa shape index (κ1) is 12.8. The zero-order valence-electron chi connectivity index (χ0n) is 8.93. The zero-order chi connectivity index (χ0) is 10.3. The monoisotopic (exact) mass is 189 g/mol.